The molecular formula is C17H20N2O3S. The third-order valence-corrected chi connectivity index (χ3v) is 4.23. The highest BCUT2D eigenvalue weighted by Gasteiger charge is 2.15. The van der Waals surface area contributed by atoms with Crippen LogP contribution in [0, 0.1) is 13.8 Å². The number of aryl methyl sites for hydroxylation is 2. The summed E-state index contributed by atoms with van der Waals surface area (Å²) in [6.07, 6.45) is 0. The lowest BCUT2D eigenvalue weighted by molar-refractivity contribution is -0.119. The summed E-state index contributed by atoms with van der Waals surface area (Å²) in [7, 11) is 3.89. The second kappa shape index (κ2) is 7.28. The first-order chi connectivity index (χ1) is 10.9. The maximum Gasteiger partial charge on any atom is 0.339 e. The van der Waals surface area contributed by atoms with Crippen LogP contribution in [0.5, 0.6) is 0 Å². The lowest BCUT2D eigenvalue weighted by atomic mass is 10.2. The van der Waals surface area contributed by atoms with Gasteiger partial charge in [-0.15, -0.1) is 11.3 Å². The first kappa shape index (κ1) is 17.0. The Bertz CT molecular complexity index is 705. The molecule has 0 bridgehead atoms. The standard InChI is InChI=1S/C17H20N2O3S/c1-11-9-15(12(2)23-11)17(21)22-10-16(20)18-13-5-7-14(8-6-13)19(3)4/h5-9H,10H2,1-4H3,(H,18,20). The molecule has 0 saturated heterocycles. The summed E-state index contributed by atoms with van der Waals surface area (Å²) in [6, 6.07) is 9.20. The van der Waals surface area contributed by atoms with Crippen molar-refractivity contribution in [3.8, 4) is 0 Å². The van der Waals surface area contributed by atoms with Gasteiger partial charge in [0.15, 0.2) is 6.61 Å². The second-order valence-electron chi connectivity index (χ2n) is 5.39. The molecule has 1 aromatic carbocycles. The van der Waals surface area contributed by atoms with Crippen LogP contribution in [0.25, 0.3) is 0 Å². The number of carbonyl (C=O) groups is 2. The monoisotopic (exact) mass is 332 g/mol. The van der Waals surface area contributed by atoms with E-state index in [4.69, 9.17) is 4.74 Å². The smallest absolute Gasteiger partial charge is 0.339 e. The molecule has 122 valence electrons. The third kappa shape index (κ3) is 4.56. The molecule has 1 heterocycles. The summed E-state index contributed by atoms with van der Waals surface area (Å²) in [5, 5.41) is 2.70. The normalized spacial score (nSPS) is 10.3. The number of hydrogen-bond donors (Lipinski definition) is 1. The summed E-state index contributed by atoms with van der Waals surface area (Å²) in [4.78, 5) is 27.7. The number of esters is 1. The fraction of sp³-hybridized carbons (Fsp3) is 0.294. The van der Waals surface area contributed by atoms with Crippen molar-refractivity contribution in [2.24, 2.45) is 0 Å². The summed E-state index contributed by atoms with van der Waals surface area (Å²) in [6.45, 7) is 3.49. The zero-order valence-electron chi connectivity index (χ0n) is 13.7. The Labute approximate surface area is 139 Å². The quantitative estimate of drug-likeness (QED) is 0.854. The van der Waals surface area contributed by atoms with Crippen molar-refractivity contribution in [1.29, 1.82) is 0 Å². The van der Waals surface area contributed by atoms with Gasteiger partial charge < -0.3 is 15.0 Å². The number of nitrogens with zero attached hydrogens (tertiary/aromatic N) is 1. The molecule has 0 spiro atoms. The van der Waals surface area contributed by atoms with E-state index in [-0.39, 0.29) is 12.5 Å². The number of carbonyl (C=O) groups excluding carboxylic acids is 2. The predicted octanol–water partition coefficient (Wildman–Crippen LogP) is 3.23. The summed E-state index contributed by atoms with van der Waals surface area (Å²) < 4.78 is 5.07. The first-order valence-electron chi connectivity index (χ1n) is 7.18. The number of nitrogens with one attached hydrogen (secondary N) is 1. The number of amides is 1. The van der Waals surface area contributed by atoms with E-state index in [1.54, 1.807) is 18.2 Å². The van der Waals surface area contributed by atoms with Gasteiger partial charge in [0.1, 0.15) is 0 Å². The van der Waals surface area contributed by atoms with E-state index in [2.05, 4.69) is 5.32 Å². The molecule has 1 amide bonds. The van der Waals surface area contributed by atoms with Gasteiger partial charge in [-0.1, -0.05) is 0 Å². The van der Waals surface area contributed by atoms with Gasteiger partial charge in [-0.2, -0.15) is 0 Å². The van der Waals surface area contributed by atoms with Crippen LogP contribution in [0.3, 0.4) is 0 Å². The Morgan fingerprint density at radius 1 is 1.17 bits per heavy atom. The molecule has 1 N–H and O–H groups in total. The molecule has 0 aliphatic rings. The van der Waals surface area contributed by atoms with Crippen LogP contribution >= 0.6 is 11.3 Å². The molecule has 2 rings (SSSR count). The largest absolute Gasteiger partial charge is 0.452 e. The average molecular weight is 332 g/mol. The Hall–Kier alpha value is -2.34. The fourth-order valence-corrected chi connectivity index (χ4v) is 2.99. The van der Waals surface area contributed by atoms with Crippen LogP contribution in [0.2, 0.25) is 0 Å². The van der Waals surface area contributed by atoms with E-state index in [0.29, 0.717) is 11.3 Å². The van der Waals surface area contributed by atoms with Gasteiger partial charge in [-0.25, -0.2) is 4.79 Å². The minimum Gasteiger partial charge on any atom is -0.452 e. The molecule has 0 radical (unpaired) electrons. The highest BCUT2D eigenvalue weighted by Crippen LogP contribution is 2.21. The van der Waals surface area contributed by atoms with Crippen molar-refractivity contribution >= 4 is 34.6 Å². The van der Waals surface area contributed by atoms with Gasteiger partial charge in [0, 0.05) is 35.2 Å². The van der Waals surface area contributed by atoms with Crippen LogP contribution in [0.15, 0.2) is 30.3 Å². The van der Waals surface area contributed by atoms with Crippen molar-refractivity contribution < 1.29 is 14.3 Å². The van der Waals surface area contributed by atoms with Crippen LogP contribution in [0.4, 0.5) is 11.4 Å². The molecule has 2 aromatic rings. The Balaban J connectivity index is 1.87. The number of hydrogen-bond acceptors (Lipinski definition) is 5. The van der Waals surface area contributed by atoms with Crippen LogP contribution < -0.4 is 10.2 Å². The van der Waals surface area contributed by atoms with Crippen molar-refractivity contribution in [2.45, 2.75) is 13.8 Å². The minimum atomic E-state index is -0.468. The topological polar surface area (TPSA) is 58.6 Å². The minimum absolute atomic E-state index is 0.303. The Morgan fingerprint density at radius 2 is 1.83 bits per heavy atom. The molecule has 1 aromatic heterocycles. The lowest BCUT2D eigenvalue weighted by Crippen LogP contribution is -2.21. The van der Waals surface area contributed by atoms with E-state index in [1.807, 2.05) is 45.0 Å². The van der Waals surface area contributed by atoms with Gasteiger partial charge in [-0.3, -0.25) is 4.79 Å². The number of ether oxygens (including phenoxy) is 1. The summed E-state index contributed by atoms with van der Waals surface area (Å²) in [5.74, 6) is -0.828. The molecular weight excluding hydrogens is 312 g/mol. The maximum atomic E-state index is 12.0. The van der Waals surface area contributed by atoms with E-state index in [1.165, 1.54) is 11.3 Å². The predicted molar refractivity (Wildman–Crippen MR) is 93.5 cm³/mol. The zero-order valence-corrected chi connectivity index (χ0v) is 14.5. The summed E-state index contributed by atoms with van der Waals surface area (Å²) in [5.41, 5.74) is 2.23. The van der Waals surface area contributed by atoms with Crippen molar-refractivity contribution in [3.63, 3.8) is 0 Å². The molecule has 0 unspecified atom stereocenters. The Kier molecular flexibility index (Phi) is 5.39. The average Bonchev–Trinajstić information content (AvgIpc) is 2.84. The number of benzene rings is 1. The SMILES string of the molecule is Cc1cc(C(=O)OCC(=O)Nc2ccc(N(C)C)cc2)c(C)s1. The van der Waals surface area contributed by atoms with Crippen LogP contribution in [0.1, 0.15) is 20.1 Å². The van der Waals surface area contributed by atoms with E-state index in [0.717, 1.165) is 15.4 Å². The maximum absolute atomic E-state index is 12.0. The molecule has 5 nitrogen and oxygen atoms in total. The lowest BCUT2D eigenvalue weighted by Gasteiger charge is -2.13. The number of rotatable bonds is 5. The van der Waals surface area contributed by atoms with E-state index >= 15 is 0 Å². The Morgan fingerprint density at radius 3 is 2.35 bits per heavy atom. The van der Waals surface area contributed by atoms with Gasteiger partial charge in [0.05, 0.1) is 5.56 Å². The third-order valence-electron chi connectivity index (χ3n) is 3.26. The van der Waals surface area contributed by atoms with Crippen LogP contribution in [-0.2, 0) is 9.53 Å². The highest BCUT2D eigenvalue weighted by molar-refractivity contribution is 7.12. The van der Waals surface area contributed by atoms with Gasteiger partial charge in [0.25, 0.3) is 5.91 Å². The molecule has 23 heavy (non-hydrogen) atoms. The van der Waals surface area contributed by atoms with Crippen LogP contribution in [-0.4, -0.2) is 32.6 Å². The number of thiophene rings is 1. The van der Waals surface area contributed by atoms with Crippen molar-refractivity contribution in [2.75, 3.05) is 30.9 Å². The second-order valence-corrected chi connectivity index (χ2v) is 6.85. The summed E-state index contributed by atoms with van der Waals surface area (Å²) >= 11 is 1.53. The zero-order chi connectivity index (χ0) is 17.0. The van der Waals surface area contributed by atoms with Gasteiger partial charge in [0.2, 0.25) is 0 Å². The number of anilines is 2. The van der Waals surface area contributed by atoms with Gasteiger partial charge in [-0.05, 0) is 44.2 Å². The van der Waals surface area contributed by atoms with E-state index < -0.39 is 5.97 Å². The molecule has 0 saturated carbocycles. The molecule has 0 aliphatic heterocycles. The molecule has 0 fully saturated rings. The molecule has 0 atom stereocenters. The fourth-order valence-electron chi connectivity index (χ4n) is 2.08. The van der Waals surface area contributed by atoms with Gasteiger partial charge >= 0.3 is 5.97 Å². The van der Waals surface area contributed by atoms with Crippen molar-refractivity contribution in [3.05, 3.63) is 45.6 Å². The molecule has 6 heteroatoms. The first-order valence-corrected chi connectivity index (χ1v) is 8.00. The van der Waals surface area contributed by atoms with E-state index in [9.17, 15) is 9.59 Å². The van der Waals surface area contributed by atoms with Crippen molar-refractivity contribution in [1.82, 2.24) is 0 Å². The molecule has 0 aliphatic carbocycles. The highest BCUT2D eigenvalue weighted by atomic mass is 32.1.